The Morgan fingerprint density at radius 2 is 1.63 bits per heavy atom. The van der Waals surface area contributed by atoms with E-state index in [1.807, 2.05) is 24.3 Å². The average molecular weight is 532 g/mol. The summed E-state index contributed by atoms with van der Waals surface area (Å²) < 4.78 is 27.6. The van der Waals surface area contributed by atoms with Gasteiger partial charge >= 0.3 is 0 Å². The van der Waals surface area contributed by atoms with Gasteiger partial charge < -0.3 is 0 Å². The van der Waals surface area contributed by atoms with Crippen molar-refractivity contribution in [3.63, 3.8) is 0 Å². The molecule has 0 saturated heterocycles. The molecule has 0 bridgehead atoms. The number of rotatable bonds is 8. The Morgan fingerprint density at radius 3 is 2.23 bits per heavy atom. The molecule has 3 aromatic rings. The van der Waals surface area contributed by atoms with Gasteiger partial charge in [0.2, 0.25) is 10.0 Å². The van der Waals surface area contributed by atoms with Crippen LogP contribution in [0.2, 0.25) is 10.0 Å². The van der Waals surface area contributed by atoms with Crippen molar-refractivity contribution >= 4 is 45.3 Å². The Hall–Kier alpha value is -2.71. The van der Waals surface area contributed by atoms with Crippen molar-refractivity contribution in [2.75, 3.05) is 6.54 Å². The van der Waals surface area contributed by atoms with Gasteiger partial charge in [0.15, 0.2) is 0 Å². The first-order chi connectivity index (χ1) is 16.5. The van der Waals surface area contributed by atoms with E-state index in [2.05, 4.69) is 31.3 Å². The molecule has 1 N–H and O–H groups in total. The maximum absolute atomic E-state index is 13.3. The topological polar surface area (TPSA) is 78.8 Å². The number of amides is 1. The second kappa shape index (κ2) is 11.4. The Kier molecular flexibility index (Phi) is 8.72. The number of nitrogens with one attached hydrogen (secondary N) is 1. The maximum Gasteiger partial charge on any atom is 0.255 e. The molecule has 0 aliphatic carbocycles. The number of benzene rings is 3. The molecule has 1 amide bonds. The van der Waals surface area contributed by atoms with Crippen LogP contribution in [0.25, 0.3) is 0 Å². The molecular formula is C26H27Cl2N3O3S. The zero-order chi connectivity index (χ0) is 25.6. The smallest absolute Gasteiger partial charge is 0.255 e. The molecule has 0 unspecified atom stereocenters. The van der Waals surface area contributed by atoms with Crippen LogP contribution >= 0.6 is 23.2 Å². The third-order valence-electron chi connectivity index (χ3n) is 5.22. The maximum atomic E-state index is 13.3. The van der Waals surface area contributed by atoms with Gasteiger partial charge in [-0.15, -0.1) is 0 Å². The van der Waals surface area contributed by atoms with E-state index in [4.69, 9.17) is 23.2 Å². The molecule has 0 atom stereocenters. The van der Waals surface area contributed by atoms with Gasteiger partial charge in [-0.3, -0.25) is 4.79 Å². The van der Waals surface area contributed by atoms with Crippen molar-refractivity contribution < 1.29 is 13.2 Å². The van der Waals surface area contributed by atoms with Crippen LogP contribution in [-0.4, -0.2) is 31.4 Å². The molecule has 35 heavy (non-hydrogen) atoms. The standard InChI is InChI=1S/C26H27Cl2N3O3S/c1-26(2,3)21-12-9-19(10-13-21)16-29-30-25(32)18-31(17-20-11-14-23(27)24(28)15-20)35(33,34)22-7-5-4-6-8-22/h4-16H,17-18H2,1-3H3,(H,30,32). The minimum Gasteiger partial charge on any atom is -0.272 e. The molecule has 0 aliphatic rings. The first kappa shape index (κ1) is 26.9. The SMILES string of the molecule is CC(C)(C)c1ccc(C=NNC(=O)CN(Cc2ccc(Cl)c(Cl)c2)S(=O)(=O)c2ccccc2)cc1. The molecule has 6 nitrogen and oxygen atoms in total. The Bertz CT molecular complexity index is 1300. The van der Waals surface area contributed by atoms with Gasteiger partial charge in [-0.2, -0.15) is 9.41 Å². The fourth-order valence-corrected chi connectivity index (χ4v) is 4.98. The summed E-state index contributed by atoms with van der Waals surface area (Å²) in [4.78, 5) is 12.7. The fraction of sp³-hybridized carbons (Fsp3) is 0.231. The van der Waals surface area contributed by atoms with Gasteiger partial charge in [0, 0.05) is 6.54 Å². The fourth-order valence-electron chi connectivity index (χ4n) is 3.25. The van der Waals surface area contributed by atoms with E-state index in [1.165, 1.54) is 23.9 Å². The quantitative estimate of drug-likeness (QED) is 0.302. The highest BCUT2D eigenvalue weighted by Crippen LogP contribution is 2.25. The van der Waals surface area contributed by atoms with E-state index >= 15 is 0 Å². The molecule has 9 heteroatoms. The van der Waals surface area contributed by atoms with Gasteiger partial charge in [-0.25, -0.2) is 13.8 Å². The lowest BCUT2D eigenvalue weighted by molar-refractivity contribution is -0.121. The summed E-state index contributed by atoms with van der Waals surface area (Å²) in [5, 5.41) is 4.65. The molecule has 0 radical (unpaired) electrons. The number of hydrogen-bond acceptors (Lipinski definition) is 4. The lowest BCUT2D eigenvalue weighted by Crippen LogP contribution is -2.39. The van der Waals surface area contributed by atoms with E-state index in [-0.39, 0.29) is 16.9 Å². The monoisotopic (exact) mass is 531 g/mol. The first-order valence-corrected chi connectivity index (χ1v) is 13.1. The van der Waals surface area contributed by atoms with Crippen molar-refractivity contribution in [1.29, 1.82) is 0 Å². The first-order valence-electron chi connectivity index (χ1n) is 10.9. The van der Waals surface area contributed by atoms with Gasteiger partial charge in [-0.05, 0) is 46.4 Å². The van der Waals surface area contributed by atoms with Crippen molar-refractivity contribution in [3.8, 4) is 0 Å². The Balaban J connectivity index is 1.75. The number of carbonyl (C=O) groups is 1. The molecule has 0 heterocycles. The normalized spacial score (nSPS) is 12.3. The molecule has 0 spiro atoms. The molecule has 0 saturated carbocycles. The van der Waals surface area contributed by atoms with Crippen LogP contribution in [0.15, 0.2) is 82.8 Å². The number of hydrogen-bond donors (Lipinski definition) is 1. The lowest BCUT2D eigenvalue weighted by atomic mass is 9.87. The number of hydrazone groups is 1. The largest absolute Gasteiger partial charge is 0.272 e. The van der Waals surface area contributed by atoms with Crippen molar-refractivity contribution in [2.24, 2.45) is 5.10 Å². The highest BCUT2D eigenvalue weighted by atomic mass is 35.5. The number of carbonyl (C=O) groups excluding carboxylic acids is 1. The zero-order valence-electron chi connectivity index (χ0n) is 19.7. The predicted octanol–water partition coefficient (Wildman–Crippen LogP) is 5.63. The van der Waals surface area contributed by atoms with Crippen LogP contribution in [0.3, 0.4) is 0 Å². The summed E-state index contributed by atoms with van der Waals surface area (Å²) >= 11 is 12.1. The second-order valence-corrected chi connectivity index (χ2v) is 11.8. The molecule has 3 aromatic carbocycles. The summed E-state index contributed by atoms with van der Waals surface area (Å²) in [7, 11) is -3.97. The summed E-state index contributed by atoms with van der Waals surface area (Å²) in [6, 6.07) is 20.6. The third kappa shape index (κ3) is 7.39. The van der Waals surface area contributed by atoms with Crippen LogP contribution in [0.4, 0.5) is 0 Å². The van der Waals surface area contributed by atoms with Gasteiger partial charge in [0.25, 0.3) is 5.91 Å². The van der Waals surface area contributed by atoms with Gasteiger partial charge in [0.1, 0.15) is 0 Å². The Morgan fingerprint density at radius 1 is 0.971 bits per heavy atom. The van der Waals surface area contributed by atoms with Crippen LogP contribution in [0.1, 0.15) is 37.5 Å². The van der Waals surface area contributed by atoms with E-state index in [9.17, 15) is 13.2 Å². The Labute approximate surface area is 216 Å². The molecule has 184 valence electrons. The number of sulfonamides is 1. The molecule has 0 fully saturated rings. The molecule has 0 aliphatic heterocycles. The molecular weight excluding hydrogens is 505 g/mol. The minimum atomic E-state index is -3.97. The second-order valence-electron chi connectivity index (χ2n) is 9.00. The predicted molar refractivity (Wildman–Crippen MR) is 141 cm³/mol. The summed E-state index contributed by atoms with van der Waals surface area (Å²) in [5.74, 6) is -0.577. The van der Waals surface area contributed by atoms with Crippen molar-refractivity contribution in [3.05, 3.63) is 99.5 Å². The van der Waals surface area contributed by atoms with Crippen LogP contribution in [0, 0.1) is 0 Å². The van der Waals surface area contributed by atoms with Crippen molar-refractivity contribution in [1.82, 2.24) is 9.73 Å². The summed E-state index contributed by atoms with van der Waals surface area (Å²) in [6.45, 7) is 5.88. The lowest BCUT2D eigenvalue weighted by Gasteiger charge is -2.21. The van der Waals surface area contributed by atoms with Crippen LogP contribution in [-0.2, 0) is 26.8 Å². The van der Waals surface area contributed by atoms with E-state index < -0.39 is 22.5 Å². The third-order valence-corrected chi connectivity index (χ3v) is 7.77. The van der Waals surface area contributed by atoms with E-state index in [0.29, 0.717) is 15.6 Å². The van der Waals surface area contributed by atoms with Crippen LogP contribution in [0.5, 0.6) is 0 Å². The minimum absolute atomic E-state index is 0.0336. The molecule has 3 rings (SSSR count). The van der Waals surface area contributed by atoms with Gasteiger partial charge in [-0.1, -0.05) is 92.5 Å². The zero-order valence-corrected chi connectivity index (χ0v) is 22.0. The van der Waals surface area contributed by atoms with Crippen LogP contribution < -0.4 is 5.43 Å². The molecule has 0 aromatic heterocycles. The van der Waals surface area contributed by atoms with Gasteiger partial charge in [0.05, 0.1) is 27.7 Å². The highest BCUT2D eigenvalue weighted by Gasteiger charge is 2.27. The average Bonchev–Trinajstić information content (AvgIpc) is 2.81. The van der Waals surface area contributed by atoms with E-state index in [1.54, 1.807) is 36.4 Å². The highest BCUT2D eigenvalue weighted by molar-refractivity contribution is 7.89. The summed E-state index contributed by atoms with van der Waals surface area (Å²) in [6.07, 6.45) is 1.51. The van der Waals surface area contributed by atoms with Crippen molar-refractivity contribution in [2.45, 2.75) is 37.6 Å². The van der Waals surface area contributed by atoms with E-state index in [0.717, 1.165) is 9.87 Å². The number of nitrogens with zero attached hydrogens (tertiary/aromatic N) is 2. The number of halogens is 2. The summed E-state index contributed by atoms with van der Waals surface area (Å²) in [5.41, 5.74) is 5.03.